The number of hydroxylamine groups is 2. The van der Waals surface area contributed by atoms with Gasteiger partial charge in [0.2, 0.25) is 0 Å². The molecule has 0 spiro atoms. The van der Waals surface area contributed by atoms with Crippen molar-refractivity contribution in [2.24, 2.45) is 0 Å². The molecule has 11 heteroatoms. The van der Waals surface area contributed by atoms with E-state index in [0.29, 0.717) is 15.6 Å². The number of phenols is 1. The van der Waals surface area contributed by atoms with Gasteiger partial charge in [-0.25, -0.2) is 0 Å². The van der Waals surface area contributed by atoms with E-state index in [1.165, 1.54) is 12.1 Å². The topological polar surface area (TPSA) is 124 Å². The predicted molar refractivity (Wildman–Crippen MR) is 125 cm³/mol. The summed E-state index contributed by atoms with van der Waals surface area (Å²) in [6.45, 7) is -0.395. The van der Waals surface area contributed by atoms with Crippen molar-refractivity contribution in [3.63, 3.8) is 0 Å². The summed E-state index contributed by atoms with van der Waals surface area (Å²) in [5.41, 5.74) is 0.0416. The van der Waals surface area contributed by atoms with Crippen LogP contribution in [0.2, 0.25) is 15.1 Å². The lowest BCUT2D eigenvalue weighted by molar-refractivity contribution is -0.113. The van der Waals surface area contributed by atoms with Crippen molar-refractivity contribution in [3.8, 4) is 23.6 Å². The number of nitriles is 2. The summed E-state index contributed by atoms with van der Waals surface area (Å²) in [7, 11) is 0. The van der Waals surface area contributed by atoms with Crippen LogP contribution in [-0.4, -0.2) is 28.6 Å². The quantitative estimate of drug-likeness (QED) is 0.422. The lowest BCUT2D eigenvalue weighted by atomic mass is 10.1. The van der Waals surface area contributed by atoms with Crippen molar-refractivity contribution >= 4 is 46.6 Å². The van der Waals surface area contributed by atoms with E-state index in [0.717, 1.165) is 0 Å². The van der Waals surface area contributed by atoms with Gasteiger partial charge in [0.1, 0.15) is 46.0 Å². The lowest BCUT2D eigenvalue weighted by Crippen LogP contribution is -2.32. The van der Waals surface area contributed by atoms with E-state index in [1.54, 1.807) is 48.5 Å². The summed E-state index contributed by atoms with van der Waals surface area (Å²) in [5.74, 6) is -2.25. The number of ether oxygens (including phenoxy) is 1. The summed E-state index contributed by atoms with van der Waals surface area (Å²) < 4.78 is 5.96. The number of rotatable bonds is 6. The predicted octanol–water partition coefficient (Wildman–Crippen LogP) is 5.44. The molecule has 0 bridgehead atoms. The molecule has 1 heterocycles. The number of aromatic hydroxyl groups is 1. The Morgan fingerprint density at radius 3 is 2.11 bits per heavy atom. The molecule has 0 radical (unpaired) electrons. The number of carbonyl (C=O) groups is 2. The minimum atomic E-state index is -1.07. The molecule has 1 aliphatic rings. The molecule has 1 N–H and O–H groups in total. The Labute approximate surface area is 213 Å². The Hall–Kier alpha value is -3.79. The molecule has 0 saturated carbocycles. The zero-order chi connectivity index (χ0) is 25.3. The first-order chi connectivity index (χ1) is 16.8. The number of hydrogen-bond acceptors (Lipinski definition) is 7. The third-order valence-corrected chi connectivity index (χ3v) is 6.19. The Morgan fingerprint density at radius 2 is 1.54 bits per heavy atom. The molecule has 3 aromatic rings. The zero-order valence-corrected chi connectivity index (χ0v) is 19.7. The molecule has 0 aromatic heterocycles. The molecule has 1 atom stereocenters. The second-order valence-corrected chi connectivity index (χ2v) is 8.38. The van der Waals surface area contributed by atoms with Crippen molar-refractivity contribution < 1.29 is 24.3 Å². The van der Waals surface area contributed by atoms with Gasteiger partial charge in [-0.15, -0.1) is 5.06 Å². The fourth-order valence-corrected chi connectivity index (χ4v) is 4.06. The van der Waals surface area contributed by atoms with E-state index in [4.69, 9.17) is 44.4 Å². The maximum absolute atomic E-state index is 12.7. The van der Waals surface area contributed by atoms with Crippen molar-refractivity contribution in [2.45, 2.75) is 6.10 Å². The van der Waals surface area contributed by atoms with Crippen molar-refractivity contribution in [1.82, 2.24) is 5.06 Å². The average molecular weight is 529 g/mol. The summed E-state index contributed by atoms with van der Waals surface area (Å²) in [4.78, 5) is 30.9. The van der Waals surface area contributed by atoms with Gasteiger partial charge >= 0.3 is 0 Å². The first-order valence-electron chi connectivity index (χ1n) is 9.85. The number of benzene rings is 3. The minimum absolute atomic E-state index is 0.191. The summed E-state index contributed by atoms with van der Waals surface area (Å²) in [5, 5.41) is 29.4. The van der Waals surface area contributed by atoms with Crippen LogP contribution in [0, 0.1) is 22.7 Å². The third-order valence-electron chi connectivity index (χ3n) is 5.13. The molecule has 3 aromatic carbocycles. The molecule has 8 nitrogen and oxygen atoms in total. The SMILES string of the molecule is N#Cc1c(O)c(Cl)c(Cl)c(OC(CON2C(=O)c3ccccc3C2=O)c2cccc(Cl)c2)c1C#N. The number of imide groups is 1. The maximum atomic E-state index is 12.7. The molecule has 4 rings (SSSR count). The van der Waals surface area contributed by atoms with Crippen LogP contribution in [0.15, 0.2) is 48.5 Å². The molecule has 0 saturated heterocycles. The van der Waals surface area contributed by atoms with Gasteiger partial charge in [-0.2, -0.15) is 10.5 Å². The van der Waals surface area contributed by atoms with Crippen LogP contribution < -0.4 is 4.74 Å². The zero-order valence-electron chi connectivity index (χ0n) is 17.5. The van der Waals surface area contributed by atoms with Gasteiger partial charge in [-0.05, 0) is 29.8 Å². The third kappa shape index (κ3) is 4.37. The van der Waals surface area contributed by atoms with Crippen LogP contribution in [-0.2, 0) is 4.84 Å². The Balaban J connectivity index is 1.71. The van der Waals surface area contributed by atoms with Gasteiger partial charge in [0.25, 0.3) is 11.8 Å². The molecule has 1 unspecified atom stereocenters. The molecule has 1 aliphatic heterocycles. The Morgan fingerprint density at radius 1 is 0.914 bits per heavy atom. The van der Waals surface area contributed by atoms with Crippen LogP contribution in [0.4, 0.5) is 0 Å². The molecule has 174 valence electrons. The molecule has 35 heavy (non-hydrogen) atoms. The largest absolute Gasteiger partial charge is 0.505 e. The number of carbonyl (C=O) groups excluding carboxylic acids is 2. The number of nitrogens with zero attached hydrogens (tertiary/aromatic N) is 3. The second-order valence-electron chi connectivity index (χ2n) is 7.19. The minimum Gasteiger partial charge on any atom is -0.505 e. The van der Waals surface area contributed by atoms with Gasteiger partial charge in [-0.3, -0.25) is 14.4 Å². The molecule has 0 fully saturated rings. The van der Waals surface area contributed by atoms with Gasteiger partial charge in [0, 0.05) is 5.02 Å². The van der Waals surface area contributed by atoms with E-state index >= 15 is 0 Å². The summed E-state index contributed by atoms with van der Waals surface area (Å²) in [6.07, 6.45) is -1.07. The van der Waals surface area contributed by atoms with Crippen LogP contribution in [0.3, 0.4) is 0 Å². The highest BCUT2D eigenvalue weighted by molar-refractivity contribution is 6.44. The van der Waals surface area contributed by atoms with E-state index < -0.39 is 35.8 Å². The first kappa shape index (κ1) is 24.3. The van der Waals surface area contributed by atoms with Crippen LogP contribution in [0.25, 0.3) is 0 Å². The smallest absolute Gasteiger partial charge is 0.285 e. The van der Waals surface area contributed by atoms with Gasteiger partial charge in [-0.1, -0.05) is 59.1 Å². The number of fused-ring (bicyclic) bond motifs is 1. The highest BCUT2D eigenvalue weighted by Crippen LogP contribution is 2.45. The second kappa shape index (κ2) is 9.83. The van der Waals surface area contributed by atoms with E-state index in [1.807, 2.05) is 0 Å². The Kier molecular flexibility index (Phi) is 6.83. The fourth-order valence-electron chi connectivity index (χ4n) is 3.46. The van der Waals surface area contributed by atoms with Crippen LogP contribution in [0.1, 0.15) is 43.5 Å². The molecule has 2 amide bonds. The van der Waals surface area contributed by atoms with Crippen molar-refractivity contribution in [1.29, 1.82) is 10.5 Å². The van der Waals surface area contributed by atoms with Gasteiger partial charge in [0.05, 0.1) is 11.1 Å². The van der Waals surface area contributed by atoms with Crippen molar-refractivity contribution in [3.05, 3.63) is 91.4 Å². The summed E-state index contributed by atoms with van der Waals surface area (Å²) in [6, 6.07) is 16.2. The van der Waals surface area contributed by atoms with Crippen LogP contribution in [0.5, 0.6) is 11.5 Å². The number of amides is 2. The monoisotopic (exact) mass is 527 g/mol. The highest BCUT2D eigenvalue weighted by Gasteiger charge is 2.37. The number of hydrogen-bond donors (Lipinski definition) is 1. The van der Waals surface area contributed by atoms with E-state index in [9.17, 15) is 25.2 Å². The maximum Gasteiger partial charge on any atom is 0.285 e. The van der Waals surface area contributed by atoms with Gasteiger partial charge in [0.15, 0.2) is 11.5 Å². The molecular weight excluding hydrogens is 517 g/mol. The normalized spacial score (nSPS) is 13.2. The van der Waals surface area contributed by atoms with Crippen LogP contribution >= 0.6 is 34.8 Å². The van der Waals surface area contributed by atoms with E-state index in [-0.39, 0.29) is 32.5 Å². The average Bonchev–Trinajstić information content (AvgIpc) is 3.10. The standard InChI is InChI=1S/C24H12Cl3N3O5/c25-13-5-3-4-12(8-13)18(11-34-30-23(32)14-6-1-2-7-15(14)24(30)33)35-22-17(10-29)16(9-28)21(31)19(26)20(22)27/h1-8,18,31H,11H2. The number of phenolic OH excluding ortho intramolecular Hbond substituents is 1. The van der Waals surface area contributed by atoms with E-state index in [2.05, 4.69) is 0 Å². The fraction of sp³-hybridized carbons (Fsp3) is 0.0833. The molecular formula is C24H12Cl3N3O5. The first-order valence-corrected chi connectivity index (χ1v) is 11.0. The summed E-state index contributed by atoms with van der Waals surface area (Å²) >= 11 is 18.4. The van der Waals surface area contributed by atoms with Crippen molar-refractivity contribution in [2.75, 3.05) is 6.61 Å². The molecule has 0 aliphatic carbocycles. The highest BCUT2D eigenvalue weighted by atomic mass is 35.5. The lowest BCUT2D eigenvalue weighted by Gasteiger charge is -2.24. The van der Waals surface area contributed by atoms with Gasteiger partial charge < -0.3 is 9.84 Å². The number of halogens is 3. The Bertz CT molecular complexity index is 1430.